The van der Waals surface area contributed by atoms with Crippen LogP contribution in [0.1, 0.15) is 28.8 Å². The highest BCUT2D eigenvalue weighted by molar-refractivity contribution is 7.98. The molecule has 0 saturated carbocycles. The van der Waals surface area contributed by atoms with E-state index in [2.05, 4.69) is 14.8 Å². The molecule has 0 radical (unpaired) electrons. The van der Waals surface area contributed by atoms with Crippen molar-refractivity contribution in [2.24, 2.45) is 0 Å². The summed E-state index contributed by atoms with van der Waals surface area (Å²) in [6.45, 7) is 1.73. The second-order valence-corrected chi connectivity index (χ2v) is 9.35. The molecule has 4 aromatic rings. The molecule has 0 spiro atoms. The SMILES string of the molecule is O=C(c1ccc(CSc2nnc(-c3ccc(Cl)cc3)n2-c2ccccc2)cc1)N1CCCC1. The number of carbonyl (C=O) groups excluding carboxylic acids is 1. The Bertz CT molecular complexity index is 1230. The van der Waals surface area contributed by atoms with Gasteiger partial charge in [-0.3, -0.25) is 9.36 Å². The molecule has 2 heterocycles. The van der Waals surface area contributed by atoms with Crippen LogP contribution >= 0.6 is 23.4 Å². The molecule has 33 heavy (non-hydrogen) atoms. The number of aromatic nitrogens is 3. The molecule has 5 nitrogen and oxygen atoms in total. The van der Waals surface area contributed by atoms with Crippen molar-refractivity contribution in [1.29, 1.82) is 0 Å². The molecule has 166 valence electrons. The lowest BCUT2D eigenvalue weighted by Crippen LogP contribution is -2.27. The monoisotopic (exact) mass is 474 g/mol. The molecule has 0 atom stereocenters. The number of nitrogens with zero attached hydrogens (tertiary/aromatic N) is 4. The van der Waals surface area contributed by atoms with E-state index < -0.39 is 0 Å². The van der Waals surface area contributed by atoms with Gasteiger partial charge in [0.25, 0.3) is 5.91 Å². The Balaban J connectivity index is 1.37. The standard InChI is InChI=1S/C26H23ClN4OS/c27-22-14-12-20(13-15-22)24-28-29-26(31(24)23-6-2-1-3-7-23)33-18-19-8-10-21(11-9-19)25(32)30-16-4-5-17-30/h1-3,6-15H,4-5,16-18H2. The molecule has 0 bridgehead atoms. The first-order chi connectivity index (χ1) is 16.2. The van der Waals surface area contributed by atoms with Crippen LogP contribution in [-0.2, 0) is 5.75 Å². The molecule has 1 amide bonds. The molecule has 1 saturated heterocycles. The van der Waals surface area contributed by atoms with Crippen LogP contribution in [0.5, 0.6) is 0 Å². The van der Waals surface area contributed by atoms with E-state index in [1.54, 1.807) is 11.8 Å². The number of likely N-dealkylation sites (tertiary alicyclic amines) is 1. The first kappa shape index (κ1) is 21.7. The lowest BCUT2D eigenvalue weighted by Gasteiger charge is -2.15. The van der Waals surface area contributed by atoms with E-state index >= 15 is 0 Å². The van der Waals surface area contributed by atoms with Crippen molar-refractivity contribution in [3.8, 4) is 17.1 Å². The number of para-hydroxylation sites is 1. The summed E-state index contributed by atoms with van der Waals surface area (Å²) in [6, 6.07) is 25.6. The number of hydrogen-bond acceptors (Lipinski definition) is 4. The normalized spacial score (nSPS) is 13.4. The van der Waals surface area contributed by atoms with Gasteiger partial charge < -0.3 is 4.90 Å². The number of rotatable bonds is 6. The number of hydrogen-bond donors (Lipinski definition) is 0. The third kappa shape index (κ3) is 4.82. The Morgan fingerprint density at radius 3 is 2.27 bits per heavy atom. The van der Waals surface area contributed by atoms with Crippen LogP contribution in [0.25, 0.3) is 17.1 Å². The molecular formula is C26H23ClN4OS. The quantitative estimate of drug-likeness (QED) is 0.316. The molecule has 1 aliphatic rings. The Labute approximate surface area is 202 Å². The van der Waals surface area contributed by atoms with E-state index in [4.69, 9.17) is 11.6 Å². The smallest absolute Gasteiger partial charge is 0.253 e. The van der Waals surface area contributed by atoms with Gasteiger partial charge in [-0.1, -0.05) is 53.7 Å². The van der Waals surface area contributed by atoms with Crippen molar-refractivity contribution in [2.45, 2.75) is 23.8 Å². The Morgan fingerprint density at radius 1 is 0.879 bits per heavy atom. The van der Waals surface area contributed by atoms with Crippen molar-refractivity contribution in [3.63, 3.8) is 0 Å². The molecule has 5 rings (SSSR count). The average molecular weight is 475 g/mol. The molecule has 0 aliphatic carbocycles. The van der Waals surface area contributed by atoms with Gasteiger partial charge in [-0.15, -0.1) is 10.2 Å². The van der Waals surface area contributed by atoms with Crippen molar-refractivity contribution < 1.29 is 4.79 Å². The zero-order chi connectivity index (χ0) is 22.6. The van der Waals surface area contributed by atoms with Crippen molar-refractivity contribution in [3.05, 3.63) is 95.0 Å². The summed E-state index contributed by atoms with van der Waals surface area (Å²) < 4.78 is 2.07. The Morgan fingerprint density at radius 2 is 1.58 bits per heavy atom. The second kappa shape index (κ2) is 9.81. The maximum absolute atomic E-state index is 12.6. The van der Waals surface area contributed by atoms with E-state index in [0.717, 1.165) is 65.0 Å². The lowest BCUT2D eigenvalue weighted by atomic mass is 10.1. The molecule has 0 unspecified atom stereocenters. The summed E-state index contributed by atoms with van der Waals surface area (Å²) >= 11 is 7.70. The summed E-state index contributed by atoms with van der Waals surface area (Å²) in [7, 11) is 0. The average Bonchev–Trinajstić information content (AvgIpc) is 3.54. The fourth-order valence-corrected chi connectivity index (χ4v) is 4.99. The Kier molecular flexibility index (Phi) is 6.46. The van der Waals surface area contributed by atoms with E-state index in [9.17, 15) is 4.79 Å². The largest absolute Gasteiger partial charge is 0.339 e. The third-order valence-corrected chi connectivity index (χ3v) is 6.96. The topological polar surface area (TPSA) is 51.0 Å². The van der Waals surface area contributed by atoms with Crippen LogP contribution in [0.4, 0.5) is 0 Å². The van der Waals surface area contributed by atoms with Crippen LogP contribution in [0.2, 0.25) is 5.02 Å². The maximum atomic E-state index is 12.6. The molecule has 0 N–H and O–H groups in total. The van der Waals surface area contributed by atoms with Gasteiger partial charge in [0.2, 0.25) is 0 Å². The first-order valence-electron chi connectivity index (χ1n) is 11.0. The summed E-state index contributed by atoms with van der Waals surface area (Å²) in [5.41, 5.74) is 3.84. The van der Waals surface area contributed by atoms with Crippen LogP contribution in [0.15, 0.2) is 84.0 Å². The van der Waals surface area contributed by atoms with Gasteiger partial charge in [0.1, 0.15) is 0 Å². The molecule has 3 aromatic carbocycles. The van der Waals surface area contributed by atoms with Gasteiger partial charge in [0, 0.05) is 40.7 Å². The summed E-state index contributed by atoms with van der Waals surface area (Å²) in [5, 5.41) is 10.5. The Hall–Kier alpha value is -3.09. The number of halogens is 1. The highest BCUT2D eigenvalue weighted by Crippen LogP contribution is 2.30. The zero-order valence-electron chi connectivity index (χ0n) is 18.0. The minimum atomic E-state index is 0.128. The van der Waals surface area contributed by atoms with Crippen molar-refractivity contribution in [2.75, 3.05) is 13.1 Å². The number of thioether (sulfide) groups is 1. The van der Waals surface area contributed by atoms with Gasteiger partial charge in [-0.25, -0.2) is 0 Å². The first-order valence-corrected chi connectivity index (χ1v) is 12.3. The summed E-state index contributed by atoms with van der Waals surface area (Å²) in [5.74, 6) is 1.62. The maximum Gasteiger partial charge on any atom is 0.253 e. The van der Waals surface area contributed by atoms with Gasteiger partial charge in [-0.05, 0) is 66.9 Å². The van der Waals surface area contributed by atoms with Crippen LogP contribution in [0, 0.1) is 0 Å². The molecule has 1 fully saturated rings. The van der Waals surface area contributed by atoms with Crippen molar-refractivity contribution in [1.82, 2.24) is 19.7 Å². The summed E-state index contributed by atoms with van der Waals surface area (Å²) in [4.78, 5) is 14.5. The predicted octanol–water partition coefficient (Wildman–Crippen LogP) is 6.12. The lowest BCUT2D eigenvalue weighted by molar-refractivity contribution is 0.0793. The van der Waals surface area contributed by atoms with Gasteiger partial charge in [0.05, 0.1) is 0 Å². The van der Waals surface area contributed by atoms with Crippen LogP contribution in [0.3, 0.4) is 0 Å². The predicted molar refractivity (Wildman–Crippen MR) is 133 cm³/mol. The fourth-order valence-electron chi connectivity index (χ4n) is 3.95. The highest BCUT2D eigenvalue weighted by atomic mass is 35.5. The number of benzene rings is 3. The number of carbonyl (C=O) groups is 1. The third-order valence-electron chi connectivity index (χ3n) is 5.71. The second-order valence-electron chi connectivity index (χ2n) is 7.97. The van der Waals surface area contributed by atoms with E-state index in [1.165, 1.54) is 0 Å². The van der Waals surface area contributed by atoms with Crippen molar-refractivity contribution >= 4 is 29.3 Å². The van der Waals surface area contributed by atoms with Gasteiger partial charge in [0.15, 0.2) is 11.0 Å². The van der Waals surface area contributed by atoms with E-state index in [-0.39, 0.29) is 5.91 Å². The highest BCUT2D eigenvalue weighted by Gasteiger charge is 2.20. The summed E-state index contributed by atoms with van der Waals surface area (Å²) in [6.07, 6.45) is 2.20. The minimum Gasteiger partial charge on any atom is -0.339 e. The molecule has 1 aromatic heterocycles. The molecule has 1 aliphatic heterocycles. The van der Waals surface area contributed by atoms with Crippen LogP contribution in [-0.4, -0.2) is 38.7 Å². The fraction of sp³-hybridized carbons (Fsp3) is 0.192. The number of amides is 1. The zero-order valence-corrected chi connectivity index (χ0v) is 19.6. The molecule has 7 heteroatoms. The van der Waals surface area contributed by atoms with E-state index in [1.807, 2.05) is 83.8 Å². The van der Waals surface area contributed by atoms with Gasteiger partial charge >= 0.3 is 0 Å². The molecular weight excluding hydrogens is 452 g/mol. The minimum absolute atomic E-state index is 0.128. The van der Waals surface area contributed by atoms with Crippen LogP contribution < -0.4 is 0 Å². The van der Waals surface area contributed by atoms with Gasteiger partial charge in [-0.2, -0.15) is 0 Å². The van der Waals surface area contributed by atoms with E-state index in [0.29, 0.717) is 5.02 Å².